The number of anilines is 1. The summed E-state index contributed by atoms with van der Waals surface area (Å²) in [6.07, 6.45) is 0.519. The molecule has 7 nitrogen and oxygen atoms in total. The largest absolute Gasteiger partial charge is 0.508 e. The first-order valence-electron chi connectivity index (χ1n) is 9.17. The lowest BCUT2D eigenvalue weighted by Crippen LogP contribution is -2.45. The van der Waals surface area contributed by atoms with Crippen LogP contribution in [-0.2, 0) is 20.8 Å². The quantitative estimate of drug-likeness (QED) is 0.686. The highest BCUT2D eigenvalue weighted by Crippen LogP contribution is 2.36. The average Bonchev–Trinajstić information content (AvgIpc) is 2.95. The number of phenols is 1. The molecule has 0 aliphatic carbocycles. The van der Waals surface area contributed by atoms with Crippen LogP contribution >= 0.6 is 0 Å². The Bertz CT molecular complexity index is 893. The molecular formula is C21H23N3O4. The van der Waals surface area contributed by atoms with Gasteiger partial charge in [-0.25, -0.2) is 0 Å². The summed E-state index contributed by atoms with van der Waals surface area (Å²) >= 11 is 0. The zero-order valence-corrected chi connectivity index (χ0v) is 15.8. The molecule has 146 valence electrons. The van der Waals surface area contributed by atoms with E-state index in [-0.39, 0.29) is 24.2 Å². The maximum absolute atomic E-state index is 12.7. The van der Waals surface area contributed by atoms with E-state index in [0.29, 0.717) is 12.0 Å². The summed E-state index contributed by atoms with van der Waals surface area (Å²) in [7, 11) is 0. The first kappa shape index (κ1) is 19.4. The van der Waals surface area contributed by atoms with Crippen molar-refractivity contribution in [3.63, 3.8) is 0 Å². The molecule has 1 atom stereocenters. The van der Waals surface area contributed by atoms with Crippen molar-refractivity contribution in [1.29, 1.82) is 0 Å². The third-order valence-corrected chi connectivity index (χ3v) is 4.63. The Morgan fingerprint density at radius 2 is 1.75 bits per heavy atom. The molecule has 28 heavy (non-hydrogen) atoms. The summed E-state index contributed by atoms with van der Waals surface area (Å²) in [5.41, 5.74) is 2.36. The van der Waals surface area contributed by atoms with Gasteiger partial charge in [-0.3, -0.25) is 14.4 Å². The summed E-state index contributed by atoms with van der Waals surface area (Å²) in [5, 5.41) is 14.4. The topological polar surface area (TPSA) is 98.7 Å². The van der Waals surface area contributed by atoms with Gasteiger partial charge in [-0.05, 0) is 44.0 Å². The summed E-state index contributed by atoms with van der Waals surface area (Å²) in [5.74, 6) is -1.71. The summed E-state index contributed by atoms with van der Waals surface area (Å²) in [4.78, 5) is 38.8. The molecule has 3 N–H and O–H groups in total. The molecule has 0 aromatic heterocycles. The number of hydrogen-bond donors (Lipinski definition) is 3. The van der Waals surface area contributed by atoms with Gasteiger partial charge in [0, 0.05) is 23.8 Å². The molecule has 1 aliphatic heterocycles. The number of fused-ring (bicyclic) bond motifs is 1. The molecule has 0 fully saturated rings. The Labute approximate surface area is 163 Å². The maximum atomic E-state index is 12.7. The molecule has 1 unspecified atom stereocenters. The molecule has 1 heterocycles. The van der Waals surface area contributed by atoms with Gasteiger partial charge < -0.3 is 20.6 Å². The van der Waals surface area contributed by atoms with Crippen molar-refractivity contribution in [2.24, 2.45) is 0 Å². The number of aromatic hydroxyl groups is 1. The molecule has 7 heteroatoms. The third-order valence-electron chi connectivity index (χ3n) is 4.63. The van der Waals surface area contributed by atoms with Crippen molar-refractivity contribution in [2.45, 2.75) is 32.4 Å². The Kier molecular flexibility index (Phi) is 5.63. The number of benzene rings is 2. The Hall–Kier alpha value is -3.35. The number of para-hydroxylation sites is 1. The lowest BCUT2D eigenvalue weighted by Gasteiger charge is -2.22. The predicted octanol–water partition coefficient (Wildman–Crippen LogP) is 1.66. The summed E-state index contributed by atoms with van der Waals surface area (Å²) in [6.45, 7) is 4.06. The summed E-state index contributed by atoms with van der Waals surface area (Å²) < 4.78 is 0. The van der Waals surface area contributed by atoms with Crippen molar-refractivity contribution in [1.82, 2.24) is 10.6 Å². The number of carbonyl (C=O) groups excluding carboxylic acids is 3. The van der Waals surface area contributed by atoms with Gasteiger partial charge in [0.15, 0.2) is 0 Å². The number of carbonyl (C=O) groups is 3. The van der Waals surface area contributed by atoms with E-state index in [1.165, 1.54) is 0 Å². The van der Waals surface area contributed by atoms with Gasteiger partial charge in [-0.1, -0.05) is 30.3 Å². The Morgan fingerprint density at radius 3 is 2.43 bits per heavy atom. The van der Waals surface area contributed by atoms with Gasteiger partial charge >= 0.3 is 11.8 Å². The number of nitrogens with one attached hydrogen (secondary N) is 2. The van der Waals surface area contributed by atoms with Crippen LogP contribution in [0.4, 0.5) is 5.69 Å². The molecular weight excluding hydrogens is 358 g/mol. The van der Waals surface area contributed by atoms with Crippen LogP contribution in [-0.4, -0.2) is 35.4 Å². The number of hydrogen-bond acceptors (Lipinski definition) is 4. The number of phenolic OH excluding ortho intramolecular Hbond substituents is 1. The van der Waals surface area contributed by atoms with Gasteiger partial charge in [-0.15, -0.1) is 0 Å². The molecule has 0 saturated heterocycles. The first-order chi connectivity index (χ1) is 13.4. The van der Waals surface area contributed by atoms with Crippen LogP contribution < -0.4 is 15.5 Å². The first-order valence-corrected chi connectivity index (χ1v) is 9.17. The van der Waals surface area contributed by atoms with Crippen molar-refractivity contribution >= 4 is 23.4 Å². The molecule has 2 aromatic rings. The van der Waals surface area contributed by atoms with E-state index in [4.69, 9.17) is 0 Å². The van der Waals surface area contributed by atoms with E-state index >= 15 is 0 Å². The highest BCUT2D eigenvalue weighted by Gasteiger charge is 2.39. The van der Waals surface area contributed by atoms with E-state index in [1.807, 2.05) is 26.0 Å². The number of rotatable bonds is 5. The minimum atomic E-state index is -0.867. The van der Waals surface area contributed by atoms with Crippen molar-refractivity contribution < 1.29 is 19.5 Å². The van der Waals surface area contributed by atoms with Crippen LogP contribution in [0.15, 0.2) is 48.5 Å². The normalized spacial score (nSPS) is 15.5. The molecule has 0 bridgehead atoms. The lowest BCUT2D eigenvalue weighted by molar-refractivity contribution is -0.140. The number of amides is 3. The van der Waals surface area contributed by atoms with E-state index < -0.39 is 17.9 Å². The Morgan fingerprint density at radius 1 is 1.07 bits per heavy atom. The van der Waals surface area contributed by atoms with Gasteiger partial charge in [0.25, 0.3) is 5.91 Å². The maximum Gasteiger partial charge on any atom is 0.310 e. The van der Waals surface area contributed by atoms with Gasteiger partial charge in [0.1, 0.15) is 11.8 Å². The summed E-state index contributed by atoms with van der Waals surface area (Å²) in [6, 6.07) is 12.9. The fourth-order valence-corrected chi connectivity index (χ4v) is 3.27. The van der Waals surface area contributed by atoms with Gasteiger partial charge in [0.2, 0.25) is 0 Å². The van der Waals surface area contributed by atoms with E-state index in [9.17, 15) is 19.5 Å². The van der Waals surface area contributed by atoms with Crippen LogP contribution in [0.2, 0.25) is 0 Å². The van der Waals surface area contributed by atoms with Gasteiger partial charge in [0.05, 0.1) is 0 Å². The van der Waals surface area contributed by atoms with E-state index in [0.717, 1.165) is 11.3 Å². The van der Waals surface area contributed by atoms with Crippen LogP contribution in [0.5, 0.6) is 5.75 Å². The highest BCUT2D eigenvalue weighted by atomic mass is 16.3. The van der Waals surface area contributed by atoms with Gasteiger partial charge in [-0.2, -0.15) is 0 Å². The molecule has 1 aliphatic rings. The van der Waals surface area contributed by atoms with Crippen LogP contribution in [0.25, 0.3) is 0 Å². The van der Waals surface area contributed by atoms with E-state index in [1.54, 1.807) is 41.3 Å². The zero-order chi connectivity index (χ0) is 20.3. The molecule has 2 aromatic carbocycles. The second-order valence-electron chi connectivity index (χ2n) is 6.94. The number of nitrogens with zero attached hydrogens (tertiary/aromatic N) is 1. The standard InChI is InChI=1S/C21H23N3O4/c1-13(2)24-17-6-4-3-5-16(17)18(21(24)28)23-20(27)19(26)22-12-11-14-7-9-15(25)10-8-14/h3-10,13,18,25H,11-12H2,1-2H3,(H,22,26)(H,23,27). The monoisotopic (exact) mass is 381 g/mol. The fraction of sp³-hybridized carbons (Fsp3) is 0.286. The molecule has 3 rings (SSSR count). The molecule has 0 spiro atoms. The zero-order valence-electron chi connectivity index (χ0n) is 15.8. The van der Waals surface area contributed by atoms with Crippen molar-refractivity contribution in [3.05, 3.63) is 59.7 Å². The third kappa shape index (κ3) is 3.98. The van der Waals surface area contributed by atoms with Crippen LogP contribution in [0, 0.1) is 0 Å². The van der Waals surface area contributed by atoms with E-state index in [2.05, 4.69) is 10.6 Å². The minimum Gasteiger partial charge on any atom is -0.508 e. The smallest absolute Gasteiger partial charge is 0.310 e. The Balaban J connectivity index is 1.60. The second kappa shape index (κ2) is 8.12. The predicted molar refractivity (Wildman–Crippen MR) is 105 cm³/mol. The average molecular weight is 381 g/mol. The SMILES string of the molecule is CC(C)N1C(=O)C(NC(=O)C(=O)NCCc2ccc(O)cc2)c2ccccc21. The lowest BCUT2D eigenvalue weighted by atomic mass is 10.1. The highest BCUT2D eigenvalue weighted by molar-refractivity contribution is 6.35. The molecule has 3 amide bonds. The van der Waals surface area contributed by atoms with Crippen molar-refractivity contribution in [2.75, 3.05) is 11.4 Å². The van der Waals surface area contributed by atoms with Crippen molar-refractivity contribution in [3.8, 4) is 5.75 Å². The fourth-order valence-electron chi connectivity index (χ4n) is 3.27. The minimum absolute atomic E-state index is 0.0605. The second-order valence-corrected chi connectivity index (χ2v) is 6.94. The van der Waals surface area contributed by atoms with Crippen LogP contribution in [0.1, 0.15) is 31.0 Å². The molecule has 0 saturated carbocycles. The molecule has 0 radical (unpaired) electrons. The van der Waals surface area contributed by atoms with Crippen LogP contribution in [0.3, 0.4) is 0 Å².